The van der Waals surface area contributed by atoms with E-state index in [2.05, 4.69) is 20.4 Å². The molecule has 0 bridgehead atoms. The Balaban J connectivity index is 2.15. The lowest BCUT2D eigenvalue weighted by Gasteiger charge is -2.22. The molecule has 0 N–H and O–H groups in total. The molecule has 88 valence electrons. The van der Waals surface area contributed by atoms with Crippen LogP contribution in [0.1, 0.15) is 71.6 Å². The summed E-state index contributed by atoms with van der Waals surface area (Å²) in [7, 11) is 0. The van der Waals surface area contributed by atoms with Crippen LogP contribution in [0.2, 0.25) is 0 Å². The van der Waals surface area contributed by atoms with Gasteiger partial charge in [-0.2, -0.15) is 0 Å². The summed E-state index contributed by atoms with van der Waals surface area (Å²) in [6.45, 7) is 8.55. The third-order valence-electron chi connectivity index (χ3n) is 3.83. The van der Waals surface area contributed by atoms with Gasteiger partial charge in [-0.25, -0.2) is 0 Å². The maximum absolute atomic E-state index is 3.98. The lowest BCUT2D eigenvalue weighted by molar-refractivity contribution is 0.313. The highest BCUT2D eigenvalue weighted by atomic mass is 14.2. The Bertz CT molecular complexity index is 170. The normalized spacial score (nSPS) is 28.1. The third-order valence-corrected chi connectivity index (χ3v) is 3.83. The molecule has 0 aromatic carbocycles. The van der Waals surface area contributed by atoms with Crippen LogP contribution in [0.4, 0.5) is 0 Å². The Hall–Kier alpha value is -0.260. The fourth-order valence-electron chi connectivity index (χ4n) is 2.78. The summed E-state index contributed by atoms with van der Waals surface area (Å²) in [5.74, 6) is 2.01. The summed E-state index contributed by atoms with van der Waals surface area (Å²) >= 11 is 0. The van der Waals surface area contributed by atoms with Crippen molar-refractivity contribution in [2.24, 2.45) is 11.8 Å². The molecule has 0 aliphatic heterocycles. The van der Waals surface area contributed by atoms with Crippen molar-refractivity contribution in [1.82, 2.24) is 0 Å². The molecule has 1 saturated carbocycles. The topological polar surface area (TPSA) is 0 Å². The Morgan fingerprint density at radius 2 is 1.73 bits per heavy atom. The molecule has 0 spiro atoms. The highest BCUT2D eigenvalue weighted by Gasteiger charge is 2.13. The van der Waals surface area contributed by atoms with Crippen molar-refractivity contribution in [3.05, 3.63) is 12.2 Å². The second-order valence-electron chi connectivity index (χ2n) is 5.68. The van der Waals surface area contributed by atoms with Gasteiger partial charge < -0.3 is 0 Å². The zero-order chi connectivity index (χ0) is 11.1. The lowest BCUT2D eigenvalue weighted by Crippen LogP contribution is -2.07. The van der Waals surface area contributed by atoms with Crippen LogP contribution in [0.15, 0.2) is 12.2 Å². The lowest BCUT2D eigenvalue weighted by atomic mass is 9.84. The van der Waals surface area contributed by atoms with E-state index < -0.39 is 0 Å². The van der Waals surface area contributed by atoms with E-state index in [0.29, 0.717) is 0 Å². The van der Waals surface area contributed by atoms with Crippen LogP contribution in [-0.4, -0.2) is 0 Å². The molecule has 0 aromatic rings. The van der Waals surface area contributed by atoms with Crippen LogP contribution >= 0.6 is 0 Å². The summed E-state index contributed by atoms with van der Waals surface area (Å²) in [5, 5.41) is 0. The van der Waals surface area contributed by atoms with Gasteiger partial charge >= 0.3 is 0 Å². The SMILES string of the molecule is C=C(C)CCCC1CCCC(C)CCC1. The Labute approximate surface area is 96.2 Å². The zero-order valence-corrected chi connectivity index (χ0v) is 10.7. The first-order valence-electron chi connectivity index (χ1n) is 6.83. The molecule has 1 aliphatic carbocycles. The van der Waals surface area contributed by atoms with Gasteiger partial charge in [-0.15, -0.1) is 6.58 Å². The van der Waals surface area contributed by atoms with E-state index in [0.717, 1.165) is 11.8 Å². The minimum absolute atomic E-state index is 0.987. The predicted molar refractivity (Wildman–Crippen MR) is 69.0 cm³/mol. The molecule has 0 amide bonds. The van der Waals surface area contributed by atoms with Gasteiger partial charge in [-0.05, 0) is 31.6 Å². The van der Waals surface area contributed by atoms with E-state index in [9.17, 15) is 0 Å². The largest absolute Gasteiger partial charge is 0.100 e. The van der Waals surface area contributed by atoms with E-state index in [4.69, 9.17) is 0 Å². The smallest absolute Gasteiger partial charge is 0.0326 e. The van der Waals surface area contributed by atoms with Crippen molar-refractivity contribution >= 4 is 0 Å². The summed E-state index contributed by atoms with van der Waals surface area (Å²) in [6.07, 6.45) is 12.9. The van der Waals surface area contributed by atoms with Gasteiger partial charge in [0.05, 0.1) is 0 Å². The molecule has 0 radical (unpaired) electrons. The third kappa shape index (κ3) is 6.02. The minimum Gasteiger partial charge on any atom is -0.100 e. The maximum atomic E-state index is 3.98. The molecule has 0 heteroatoms. The van der Waals surface area contributed by atoms with E-state index in [1.165, 1.54) is 63.4 Å². The standard InChI is InChI=1S/C15H28/c1-13(2)7-4-10-15-11-5-8-14(3)9-6-12-15/h14-15H,1,4-12H2,2-3H3. The van der Waals surface area contributed by atoms with Crippen molar-refractivity contribution in [3.8, 4) is 0 Å². The fraction of sp³-hybridized carbons (Fsp3) is 0.867. The second kappa shape index (κ2) is 7.09. The first-order valence-corrected chi connectivity index (χ1v) is 6.83. The van der Waals surface area contributed by atoms with E-state index >= 15 is 0 Å². The van der Waals surface area contributed by atoms with Crippen molar-refractivity contribution < 1.29 is 0 Å². The number of hydrogen-bond acceptors (Lipinski definition) is 0. The highest BCUT2D eigenvalue weighted by Crippen LogP contribution is 2.29. The maximum Gasteiger partial charge on any atom is -0.0326 e. The Kier molecular flexibility index (Phi) is 6.05. The molecular weight excluding hydrogens is 180 g/mol. The molecule has 0 saturated heterocycles. The van der Waals surface area contributed by atoms with Gasteiger partial charge in [0.1, 0.15) is 0 Å². The molecule has 0 aromatic heterocycles. The first kappa shape index (κ1) is 12.8. The van der Waals surface area contributed by atoms with Crippen molar-refractivity contribution in [1.29, 1.82) is 0 Å². The molecule has 0 heterocycles. The van der Waals surface area contributed by atoms with Gasteiger partial charge in [0.15, 0.2) is 0 Å². The quantitative estimate of drug-likeness (QED) is 0.547. The van der Waals surface area contributed by atoms with Crippen molar-refractivity contribution in [2.45, 2.75) is 71.6 Å². The number of rotatable bonds is 4. The van der Waals surface area contributed by atoms with Crippen LogP contribution in [0.5, 0.6) is 0 Å². The van der Waals surface area contributed by atoms with Crippen LogP contribution < -0.4 is 0 Å². The fourth-order valence-corrected chi connectivity index (χ4v) is 2.78. The molecule has 0 unspecified atom stereocenters. The van der Waals surface area contributed by atoms with E-state index in [-0.39, 0.29) is 0 Å². The monoisotopic (exact) mass is 208 g/mol. The molecule has 1 fully saturated rings. The van der Waals surface area contributed by atoms with Gasteiger partial charge in [-0.1, -0.05) is 57.4 Å². The number of allylic oxidation sites excluding steroid dienone is 1. The molecule has 1 rings (SSSR count). The van der Waals surface area contributed by atoms with Crippen LogP contribution in [0.3, 0.4) is 0 Å². The average Bonchev–Trinajstić information content (AvgIpc) is 2.13. The Morgan fingerprint density at radius 3 is 2.27 bits per heavy atom. The van der Waals surface area contributed by atoms with Crippen LogP contribution in [-0.2, 0) is 0 Å². The van der Waals surface area contributed by atoms with Crippen LogP contribution in [0, 0.1) is 11.8 Å². The van der Waals surface area contributed by atoms with E-state index in [1.54, 1.807) is 0 Å². The second-order valence-corrected chi connectivity index (χ2v) is 5.68. The predicted octanol–water partition coefficient (Wildman–Crippen LogP) is 5.34. The average molecular weight is 208 g/mol. The molecule has 0 atom stereocenters. The van der Waals surface area contributed by atoms with Crippen molar-refractivity contribution in [3.63, 3.8) is 0 Å². The zero-order valence-electron chi connectivity index (χ0n) is 10.7. The molecule has 0 nitrogen and oxygen atoms in total. The molecular formula is C15H28. The number of hydrogen-bond donors (Lipinski definition) is 0. The summed E-state index contributed by atoms with van der Waals surface area (Å²) in [6, 6.07) is 0. The summed E-state index contributed by atoms with van der Waals surface area (Å²) in [5.41, 5.74) is 1.36. The first-order chi connectivity index (χ1) is 7.18. The molecule has 15 heavy (non-hydrogen) atoms. The van der Waals surface area contributed by atoms with Gasteiger partial charge in [0.25, 0.3) is 0 Å². The molecule has 1 aliphatic rings. The minimum atomic E-state index is 0.987. The van der Waals surface area contributed by atoms with Gasteiger partial charge in [0, 0.05) is 0 Å². The van der Waals surface area contributed by atoms with Gasteiger partial charge in [-0.3, -0.25) is 0 Å². The van der Waals surface area contributed by atoms with Gasteiger partial charge in [0.2, 0.25) is 0 Å². The van der Waals surface area contributed by atoms with E-state index in [1.807, 2.05) is 0 Å². The summed E-state index contributed by atoms with van der Waals surface area (Å²) < 4.78 is 0. The van der Waals surface area contributed by atoms with Crippen LogP contribution in [0.25, 0.3) is 0 Å². The summed E-state index contributed by atoms with van der Waals surface area (Å²) in [4.78, 5) is 0. The Morgan fingerprint density at radius 1 is 1.13 bits per heavy atom. The van der Waals surface area contributed by atoms with Crippen molar-refractivity contribution in [2.75, 3.05) is 0 Å². The highest BCUT2D eigenvalue weighted by molar-refractivity contribution is 4.87.